The lowest BCUT2D eigenvalue weighted by Gasteiger charge is -2.30. The van der Waals surface area contributed by atoms with Gasteiger partial charge >= 0.3 is 0 Å². The second kappa shape index (κ2) is 6.02. The third kappa shape index (κ3) is 2.22. The predicted octanol–water partition coefficient (Wildman–Crippen LogP) is 0.924. The van der Waals surface area contributed by atoms with Gasteiger partial charge in [0.15, 0.2) is 6.04 Å². The van der Waals surface area contributed by atoms with E-state index in [1.165, 1.54) is 0 Å². The number of amides is 3. The molecule has 3 amide bonds. The average Bonchev–Trinajstić information content (AvgIpc) is 3.15. The molecular formula is C21H17ClN3O3+. The highest BCUT2D eigenvalue weighted by molar-refractivity contribution is 6.31. The van der Waals surface area contributed by atoms with Gasteiger partial charge in [-0.15, -0.1) is 0 Å². The minimum absolute atomic E-state index is 0.311. The number of nitrogens with one attached hydrogen (secondary N) is 1. The SMILES string of the molecule is NC(=O)[C@H]1[C@@H]2C(=O)N(c3cccc(Cl)c3)C(=O)[C@@H]2[C@@H]2c3ccccc3C=C[NH+]12. The first-order valence-electron chi connectivity index (χ1n) is 9.05. The van der Waals surface area contributed by atoms with Crippen LogP contribution in [0.3, 0.4) is 0 Å². The first-order chi connectivity index (χ1) is 13.5. The third-order valence-electron chi connectivity index (χ3n) is 5.99. The zero-order valence-electron chi connectivity index (χ0n) is 14.7. The number of carbonyl (C=O) groups excluding carboxylic acids is 3. The molecule has 5 rings (SSSR count). The van der Waals surface area contributed by atoms with Crippen molar-refractivity contribution in [3.05, 3.63) is 70.9 Å². The summed E-state index contributed by atoms with van der Waals surface area (Å²) in [5, 5.41) is 0.430. The second-order valence-electron chi connectivity index (χ2n) is 7.36. The molecule has 0 aromatic heterocycles. The number of imide groups is 1. The number of rotatable bonds is 2. The van der Waals surface area contributed by atoms with Gasteiger partial charge in [-0.05, 0) is 29.8 Å². The molecule has 3 N–H and O–H groups in total. The number of halogens is 1. The summed E-state index contributed by atoms with van der Waals surface area (Å²) in [7, 11) is 0. The lowest BCUT2D eigenvalue weighted by Crippen LogP contribution is -3.12. The molecule has 0 radical (unpaired) electrons. The maximum absolute atomic E-state index is 13.4. The first kappa shape index (κ1) is 17.2. The molecule has 5 atom stereocenters. The minimum atomic E-state index is -0.792. The van der Waals surface area contributed by atoms with Crippen LogP contribution in [0.15, 0.2) is 54.7 Å². The average molecular weight is 395 g/mol. The number of fused-ring (bicyclic) bond motifs is 5. The Morgan fingerprint density at radius 2 is 1.79 bits per heavy atom. The van der Waals surface area contributed by atoms with E-state index in [-0.39, 0.29) is 11.9 Å². The van der Waals surface area contributed by atoms with E-state index in [9.17, 15) is 14.4 Å². The molecule has 2 aromatic rings. The standard InChI is InChI=1S/C21H16ClN3O3/c22-12-5-3-6-13(10-12)25-20(27)15-16(21(25)28)18(19(23)26)24-9-8-11-4-1-2-7-14(11)17(15)24/h1-10,15-18H,(H2,23,26)/p+1/t15-,16+,17-,18+/m0/s1. The number of hydrogen-bond acceptors (Lipinski definition) is 3. The quantitative estimate of drug-likeness (QED) is 0.743. The van der Waals surface area contributed by atoms with E-state index < -0.39 is 29.7 Å². The van der Waals surface area contributed by atoms with Crippen molar-refractivity contribution in [2.45, 2.75) is 12.1 Å². The number of carbonyl (C=O) groups is 3. The highest BCUT2D eigenvalue weighted by Gasteiger charge is 2.67. The van der Waals surface area contributed by atoms with Gasteiger partial charge in [0.1, 0.15) is 17.9 Å². The van der Waals surface area contributed by atoms with Crippen molar-refractivity contribution in [2.75, 3.05) is 4.90 Å². The van der Waals surface area contributed by atoms with Gasteiger partial charge in [0, 0.05) is 10.6 Å². The van der Waals surface area contributed by atoms with Gasteiger partial charge < -0.3 is 5.73 Å². The molecule has 28 heavy (non-hydrogen) atoms. The zero-order chi connectivity index (χ0) is 19.6. The van der Waals surface area contributed by atoms with Crippen molar-refractivity contribution >= 4 is 41.1 Å². The molecule has 0 saturated carbocycles. The maximum atomic E-state index is 13.4. The molecule has 2 saturated heterocycles. The normalized spacial score (nSPS) is 30.2. The van der Waals surface area contributed by atoms with Crippen LogP contribution in [0.4, 0.5) is 5.69 Å². The summed E-state index contributed by atoms with van der Waals surface area (Å²) in [4.78, 5) is 41.0. The fourth-order valence-corrected chi connectivity index (χ4v) is 5.13. The van der Waals surface area contributed by atoms with Crippen LogP contribution in [0.5, 0.6) is 0 Å². The summed E-state index contributed by atoms with van der Waals surface area (Å²) in [6.45, 7) is 0. The van der Waals surface area contributed by atoms with Crippen molar-refractivity contribution in [2.24, 2.45) is 17.6 Å². The number of quaternary nitrogens is 1. The van der Waals surface area contributed by atoms with Crippen LogP contribution in [-0.4, -0.2) is 23.8 Å². The van der Waals surface area contributed by atoms with Crippen LogP contribution >= 0.6 is 11.6 Å². The fraction of sp³-hybridized carbons (Fsp3) is 0.190. The third-order valence-corrected chi connectivity index (χ3v) is 6.23. The van der Waals surface area contributed by atoms with Gasteiger partial charge in [0.2, 0.25) is 11.8 Å². The highest BCUT2D eigenvalue weighted by Crippen LogP contribution is 2.44. The maximum Gasteiger partial charge on any atom is 0.277 e. The Balaban J connectivity index is 1.66. The summed E-state index contributed by atoms with van der Waals surface area (Å²) in [6.07, 6.45) is 3.77. The number of primary amides is 1. The largest absolute Gasteiger partial charge is 0.364 e. The van der Waals surface area contributed by atoms with Gasteiger partial charge in [0.25, 0.3) is 5.91 Å². The monoisotopic (exact) mass is 394 g/mol. The molecule has 3 aliphatic heterocycles. The van der Waals surface area contributed by atoms with Crippen LogP contribution in [0, 0.1) is 11.8 Å². The van der Waals surface area contributed by atoms with E-state index in [1.807, 2.05) is 36.5 Å². The van der Waals surface area contributed by atoms with Crippen LogP contribution in [0.2, 0.25) is 5.02 Å². The molecule has 2 fully saturated rings. The summed E-state index contributed by atoms with van der Waals surface area (Å²) in [6, 6.07) is 13.2. The van der Waals surface area contributed by atoms with Crippen molar-refractivity contribution in [3.63, 3.8) is 0 Å². The van der Waals surface area contributed by atoms with Gasteiger partial charge in [-0.3, -0.25) is 19.3 Å². The van der Waals surface area contributed by atoms with Crippen LogP contribution in [-0.2, 0) is 14.4 Å². The Bertz CT molecular complexity index is 1070. The van der Waals surface area contributed by atoms with Crippen LogP contribution in [0.25, 0.3) is 6.08 Å². The number of hydrogen-bond donors (Lipinski definition) is 2. The van der Waals surface area contributed by atoms with Gasteiger partial charge in [-0.1, -0.05) is 41.9 Å². The van der Waals surface area contributed by atoms with Gasteiger partial charge in [0.05, 0.1) is 11.9 Å². The molecular weight excluding hydrogens is 378 g/mol. The molecule has 0 bridgehead atoms. The van der Waals surface area contributed by atoms with E-state index in [4.69, 9.17) is 17.3 Å². The van der Waals surface area contributed by atoms with E-state index in [2.05, 4.69) is 0 Å². The van der Waals surface area contributed by atoms with Crippen molar-refractivity contribution in [1.29, 1.82) is 0 Å². The van der Waals surface area contributed by atoms with Crippen molar-refractivity contribution in [3.8, 4) is 0 Å². The van der Waals surface area contributed by atoms with E-state index in [1.54, 1.807) is 24.3 Å². The number of benzene rings is 2. The Labute approximate surface area is 166 Å². The lowest BCUT2D eigenvalue weighted by molar-refractivity contribution is -0.884. The molecule has 3 heterocycles. The predicted molar refractivity (Wildman–Crippen MR) is 103 cm³/mol. The molecule has 2 aromatic carbocycles. The first-order valence-corrected chi connectivity index (χ1v) is 9.43. The van der Waals surface area contributed by atoms with Gasteiger partial charge in [-0.25, -0.2) is 4.90 Å². The summed E-state index contributed by atoms with van der Waals surface area (Å²) >= 11 is 6.06. The highest BCUT2D eigenvalue weighted by atomic mass is 35.5. The molecule has 1 unspecified atom stereocenters. The van der Waals surface area contributed by atoms with Gasteiger partial charge in [-0.2, -0.15) is 0 Å². The van der Waals surface area contributed by atoms with Crippen LogP contribution < -0.4 is 15.5 Å². The molecule has 7 heteroatoms. The Morgan fingerprint density at radius 1 is 1.04 bits per heavy atom. The second-order valence-corrected chi connectivity index (χ2v) is 7.80. The topological polar surface area (TPSA) is 84.9 Å². The van der Waals surface area contributed by atoms with E-state index in [0.717, 1.165) is 20.9 Å². The van der Waals surface area contributed by atoms with Crippen LogP contribution in [0.1, 0.15) is 17.2 Å². The Morgan fingerprint density at radius 3 is 2.54 bits per heavy atom. The summed E-state index contributed by atoms with van der Waals surface area (Å²) in [5.41, 5.74) is 8.06. The number of anilines is 1. The van der Waals surface area contributed by atoms with Crippen molar-refractivity contribution in [1.82, 2.24) is 0 Å². The number of nitrogens with zero attached hydrogens (tertiary/aromatic N) is 1. The molecule has 3 aliphatic rings. The zero-order valence-corrected chi connectivity index (χ0v) is 15.5. The smallest absolute Gasteiger partial charge is 0.277 e. The van der Waals surface area contributed by atoms with Crippen molar-refractivity contribution < 1.29 is 19.3 Å². The molecule has 0 aliphatic carbocycles. The fourth-order valence-electron chi connectivity index (χ4n) is 4.95. The number of nitrogens with two attached hydrogens (primary N) is 1. The molecule has 140 valence electrons. The lowest BCUT2D eigenvalue weighted by atomic mass is 9.84. The minimum Gasteiger partial charge on any atom is -0.364 e. The Kier molecular flexibility index (Phi) is 3.69. The summed E-state index contributed by atoms with van der Waals surface area (Å²) < 4.78 is 0. The molecule has 6 nitrogen and oxygen atoms in total. The molecule has 0 spiro atoms. The van der Waals surface area contributed by atoms with E-state index in [0.29, 0.717) is 10.7 Å². The summed E-state index contributed by atoms with van der Waals surface area (Å²) in [5.74, 6) is -2.72. The Hall–Kier alpha value is -2.96. The van der Waals surface area contributed by atoms with E-state index >= 15 is 0 Å².